The molecule has 1 N–H and O–H groups in total. The SMILES string of the molecule is CC(C)N(C)C(=O)c1ccc(-c2ccc(Cl)cc2)c(COc2ccc(-c3nc4cc(C(=O)O)ccc4n3C3CCCCC3)c(F)c2)c1.Cl. The minimum atomic E-state index is -1.03. The van der Waals surface area contributed by atoms with Gasteiger partial charge in [-0.25, -0.2) is 14.2 Å². The Morgan fingerprint density at radius 2 is 1.65 bits per heavy atom. The van der Waals surface area contributed by atoms with E-state index >= 15 is 4.39 Å². The lowest BCUT2D eigenvalue weighted by Gasteiger charge is -2.25. The van der Waals surface area contributed by atoms with Crippen molar-refractivity contribution >= 4 is 46.9 Å². The van der Waals surface area contributed by atoms with Gasteiger partial charge in [0.25, 0.3) is 5.91 Å². The molecule has 0 aliphatic heterocycles. The molecular weight excluding hydrogens is 652 g/mol. The first-order valence-electron chi connectivity index (χ1n) is 15.9. The number of benzene rings is 4. The number of carbonyl (C=O) groups is 2. The molecule has 5 aromatic rings. The van der Waals surface area contributed by atoms with Crippen molar-refractivity contribution in [2.75, 3.05) is 7.05 Å². The Morgan fingerprint density at radius 3 is 2.31 bits per heavy atom. The molecule has 250 valence electrons. The van der Waals surface area contributed by atoms with E-state index in [-0.39, 0.29) is 42.6 Å². The fourth-order valence-electron chi connectivity index (χ4n) is 6.25. The van der Waals surface area contributed by atoms with Gasteiger partial charge in [-0.05, 0) is 98.0 Å². The molecule has 1 heterocycles. The third-order valence-electron chi connectivity index (χ3n) is 9.05. The molecule has 6 rings (SSSR count). The van der Waals surface area contributed by atoms with Gasteiger partial charge in [0.05, 0.1) is 22.2 Å². The number of nitrogens with zero attached hydrogens (tertiary/aromatic N) is 3. The van der Waals surface area contributed by atoms with Crippen molar-refractivity contribution in [2.45, 2.75) is 64.6 Å². The van der Waals surface area contributed by atoms with E-state index in [0.717, 1.165) is 54.3 Å². The van der Waals surface area contributed by atoms with Crippen LogP contribution in [0.2, 0.25) is 5.02 Å². The maximum atomic E-state index is 16.0. The van der Waals surface area contributed by atoms with E-state index in [2.05, 4.69) is 4.57 Å². The van der Waals surface area contributed by atoms with E-state index in [1.54, 1.807) is 48.3 Å². The van der Waals surface area contributed by atoms with Crippen LogP contribution in [0.15, 0.2) is 78.9 Å². The van der Waals surface area contributed by atoms with Crippen molar-refractivity contribution in [3.8, 4) is 28.3 Å². The summed E-state index contributed by atoms with van der Waals surface area (Å²) in [5, 5.41) is 10.2. The minimum absolute atomic E-state index is 0. The van der Waals surface area contributed by atoms with Crippen LogP contribution in [-0.4, -0.2) is 44.5 Å². The Hall–Kier alpha value is -4.40. The van der Waals surface area contributed by atoms with Crippen LogP contribution in [0.5, 0.6) is 5.75 Å². The summed E-state index contributed by atoms with van der Waals surface area (Å²) in [6.07, 6.45) is 5.21. The Labute approximate surface area is 290 Å². The standard InChI is InChI=1S/C38H37ClFN3O4.ClH/c1-23(2)42(3)37(44)25-11-16-31(24-9-13-28(39)14-10-24)27(19-25)22-47-30-15-17-32(33(40)21-30)36-41-34-20-26(38(45)46)12-18-35(34)43(36)29-7-5-4-6-8-29;/h9-21,23,29H,4-8,22H2,1-3H3,(H,45,46);1H. The number of carbonyl (C=O) groups excluding carboxylic acids is 1. The summed E-state index contributed by atoms with van der Waals surface area (Å²) in [5.74, 6) is -0.819. The predicted molar refractivity (Wildman–Crippen MR) is 190 cm³/mol. The average Bonchev–Trinajstić information content (AvgIpc) is 3.46. The van der Waals surface area contributed by atoms with Crippen LogP contribution in [0.4, 0.5) is 4.39 Å². The van der Waals surface area contributed by atoms with Gasteiger partial charge in [-0.2, -0.15) is 0 Å². The Kier molecular flexibility index (Phi) is 10.8. The molecule has 0 atom stereocenters. The molecule has 7 nitrogen and oxygen atoms in total. The third kappa shape index (κ3) is 7.20. The molecule has 1 aromatic heterocycles. The number of carboxylic acid groups (broad SMARTS) is 1. The number of imidazole rings is 1. The maximum Gasteiger partial charge on any atom is 0.335 e. The molecule has 48 heavy (non-hydrogen) atoms. The number of rotatable bonds is 9. The molecule has 0 spiro atoms. The summed E-state index contributed by atoms with van der Waals surface area (Å²) in [4.78, 5) is 31.3. The zero-order valence-corrected chi connectivity index (χ0v) is 28.7. The quantitative estimate of drug-likeness (QED) is 0.167. The van der Waals surface area contributed by atoms with E-state index in [1.807, 2.05) is 50.2 Å². The summed E-state index contributed by atoms with van der Waals surface area (Å²) in [6, 6.07) is 22.8. The number of amides is 1. The number of aromatic carboxylic acids is 1. The number of hydrogen-bond acceptors (Lipinski definition) is 4. The predicted octanol–water partition coefficient (Wildman–Crippen LogP) is 9.85. The van der Waals surface area contributed by atoms with Crippen LogP contribution >= 0.6 is 24.0 Å². The molecule has 1 fully saturated rings. The van der Waals surface area contributed by atoms with Gasteiger partial charge in [0.15, 0.2) is 0 Å². The van der Waals surface area contributed by atoms with Gasteiger partial charge >= 0.3 is 5.97 Å². The fraction of sp³-hybridized carbons (Fsp3) is 0.289. The van der Waals surface area contributed by atoms with Crippen LogP contribution in [0.1, 0.15) is 78.3 Å². The van der Waals surface area contributed by atoms with Crippen LogP contribution < -0.4 is 4.74 Å². The number of fused-ring (bicyclic) bond motifs is 1. The lowest BCUT2D eigenvalue weighted by molar-refractivity contribution is 0.0695. The smallest absolute Gasteiger partial charge is 0.335 e. The van der Waals surface area contributed by atoms with Crippen molar-refractivity contribution in [2.24, 2.45) is 0 Å². The first kappa shape index (κ1) is 34.9. The number of carboxylic acids is 1. The van der Waals surface area contributed by atoms with Crippen molar-refractivity contribution in [1.82, 2.24) is 14.5 Å². The normalized spacial score (nSPS) is 13.4. The van der Waals surface area contributed by atoms with Gasteiger partial charge in [-0.3, -0.25) is 4.79 Å². The highest BCUT2D eigenvalue weighted by atomic mass is 35.5. The van der Waals surface area contributed by atoms with E-state index in [9.17, 15) is 14.7 Å². The Morgan fingerprint density at radius 1 is 0.958 bits per heavy atom. The van der Waals surface area contributed by atoms with Crippen molar-refractivity contribution < 1.29 is 23.8 Å². The number of ether oxygens (including phenoxy) is 1. The molecule has 1 aliphatic rings. The summed E-state index contributed by atoms with van der Waals surface area (Å²) in [6.45, 7) is 4.02. The monoisotopic (exact) mass is 689 g/mol. The zero-order chi connectivity index (χ0) is 33.2. The van der Waals surface area contributed by atoms with E-state index < -0.39 is 11.8 Å². The molecule has 0 radical (unpaired) electrons. The second kappa shape index (κ2) is 14.8. The largest absolute Gasteiger partial charge is 0.489 e. The first-order valence-corrected chi connectivity index (χ1v) is 16.3. The minimum Gasteiger partial charge on any atom is -0.489 e. The number of aromatic nitrogens is 2. The Bertz CT molecular complexity index is 1950. The summed E-state index contributed by atoms with van der Waals surface area (Å²) in [7, 11) is 1.77. The second-order valence-electron chi connectivity index (χ2n) is 12.4. The molecular formula is C38H38Cl2FN3O4. The highest BCUT2D eigenvalue weighted by Gasteiger charge is 2.25. The highest BCUT2D eigenvalue weighted by Crippen LogP contribution is 2.38. The third-order valence-corrected chi connectivity index (χ3v) is 9.31. The fourth-order valence-corrected chi connectivity index (χ4v) is 6.38. The first-order chi connectivity index (χ1) is 22.6. The zero-order valence-electron chi connectivity index (χ0n) is 27.1. The van der Waals surface area contributed by atoms with Crippen LogP contribution in [0.25, 0.3) is 33.5 Å². The van der Waals surface area contributed by atoms with Gasteiger partial charge in [-0.15, -0.1) is 12.4 Å². The van der Waals surface area contributed by atoms with Crippen LogP contribution in [0, 0.1) is 5.82 Å². The molecule has 1 saturated carbocycles. The van der Waals surface area contributed by atoms with Gasteiger partial charge in [0, 0.05) is 35.8 Å². The van der Waals surface area contributed by atoms with Crippen LogP contribution in [0.3, 0.4) is 0 Å². The number of halogens is 3. The molecule has 1 amide bonds. The van der Waals surface area contributed by atoms with Crippen molar-refractivity contribution in [3.05, 3.63) is 106 Å². The number of hydrogen-bond donors (Lipinski definition) is 1. The van der Waals surface area contributed by atoms with Crippen molar-refractivity contribution in [1.29, 1.82) is 0 Å². The highest BCUT2D eigenvalue weighted by molar-refractivity contribution is 6.30. The van der Waals surface area contributed by atoms with Crippen LogP contribution in [-0.2, 0) is 6.61 Å². The average molecular weight is 691 g/mol. The lowest BCUT2D eigenvalue weighted by atomic mass is 9.94. The van der Waals surface area contributed by atoms with Gasteiger partial charge in [-0.1, -0.05) is 49.1 Å². The van der Waals surface area contributed by atoms with Gasteiger partial charge in [0.2, 0.25) is 0 Å². The molecule has 4 aromatic carbocycles. The summed E-state index contributed by atoms with van der Waals surface area (Å²) >= 11 is 6.14. The van der Waals surface area contributed by atoms with Gasteiger partial charge in [0.1, 0.15) is 24.0 Å². The molecule has 10 heteroatoms. The van der Waals surface area contributed by atoms with Gasteiger partial charge < -0.3 is 19.3 Å². The van der Waals surface area contributed by atoms with E-state index in [4.69, 9.17) is 21.3 Å². The molecule has 0 saturated heterocycles. The lowest BCUT2D eigenvalue weighted by Crippen LogP contribution is -2.33. The molecule has 0 bridgehead atoms. The maximum absolute atomic E-state index is 16.0. The van der Waals surface area contributed by atoms with E-state index in [1.165, 1.54) is 6.07 Å². The Balaban J connectivity index is 0.00000451. The van der Waals surface area contributed by atoms with E-state index in [0.29, 0.717) is 33.2 Å². The van der Waals surface area contributed by atoms with Crippen molar-refractivity contribution in [3.63, 3.8) is 0 Å². The molecule has 1 aliphatic carbocycles. The summed E-state index contributed by atoms with van der Waals surface area (Å²) in [5.41, 5.74) is 4.88. The summed E-state index contributed by atoms with van der Waals surface area (Å²) < 4.78 is 24.2. The topological polar surface area (TPSA) is 84.7 Å². The molecule has 0 unspecified atom stereocenters. The second-order valence-corrected chi connectivity index (χ2v) is 12.9.